The molecule has 3 rings (SSSR count). The number of unbranched alkanes of at least 4 members (excludes halogenated alkanes) is 1. The largest absolute Gasteiger partial charge is 0.480 e. The Morgan fingerprint density at radius 3 is 2.33 bits per heavy atom. The fourth-order valence-corrected chi connectivity index (χ4v) is 5.59. The molecule has 0 radical (unpaired) electrons. The summed E-state index contributed by atoms with van der Waals surface area (Å²) in [6.45, 7) is 0. The highest BCUT2D eigenvalue weighted by molar-refractivity contribution is 7.90. The van der Waals surface area contributed by atoms with Gasteiger partial charge < -0.3 is 15.7 Å². The number of anilines is 1. The van der Waals surface area contributed by atoms with Gasteiger partial charge in [0.15, 0.2) is 5.69 Å². The Labute approximate surface area is 229 Å². The second-order valence-corrected chi connectivity index (χ2v) is 12.3. The minimum atomic E-state index is -4.84. The van der Waals surface area contributed by atoms with E-state index < -0.39 is 50.6 Å². The molecule has 14 heteroatoms. The predicted octanol–water partition coefficient (Wildman–Crippen LogP) is 3.63. The first kappa shape index (κ1) is 31.0. The number of alkyl halides is 3. The van der Waals surface area contributed by atoms with Gasteiger partial charge in [0.25, 0.3) is 5.91 Å². The quantitative estimate of drug-likeness (QED) is 0.320. The lowest BCUT2D eigenvalue weighted by molar-refractivity contribution is -0.144. The van der Waals surface area contributed by atoms with E-state index in [-0.39, 0.29) is 23.8 Å². The van der Waals surface area contributed by atoms with Crippen LogP contribution in [0.5, 0.6) is 0 Å². The lowest BCUT2D eigenvalue weighted by atomic mass is 9.80. The molecule has 1 aromatic carbocycles. The van der Waals surface area contributed by atoms with Crippen molar-refractivity contribution in [3.63, 3.8) is 0 Å². The monoisotopic (exact) mass is 584 g/mol. The molecule has 3 N–H and O–H groups in total. The summed E-state index contributed by atoms with van der Waals surface area (Å²) in [5.74, 6) is -2.64. The Bertz CT molecular complexity index is 1330. The number of sulfone groups is 1. The molecule has 10 nitrogen and oxygen atoms in total. The number of carboxylic acid groups (broad SMARTS) is 1. The molecular weight excluding hydrogens is 553 g/mol. The summed E-state index contributed by atoms with van der Waals surface area (Å²) in [6.07, 6.45) is 1.98. The van der Waals surface area contributed by atoms with Crippen LogP contribution in [0, 0.1) is 5.41 Å². The van der Waals surface area contributed by atoms with Crippen LogP contribution >= 0.6 is 0 Å². The molecule has 1 heterocycles. The molecule has 1 saturated carbocycles. The summed E-state index contributed by atoms with van der Waals surface area (Å²) in [5.41, 5.74) is -2.17. The first-order chi connectivity index (χ1) is 18.7. The standard InChI is InChI=1S/C26H31F3N4O6S/c1-40(38,39)13-5-4-12-25(10-2-3-11-25)24(37)33-20(23(35)36)14-17-6-8-18(9-7-17)32-22(34)19-15-30-16-31-21(19)26(27,28)29/h6-9,15-16,20H,2-5,10-14H2,1H3,(H,32,34)(H,33,37)(H,35,36). The van der Waals surface area contributed by atoms with E-state index >= 15 is 0 Å². The Kier molecular flexibility index (Phi) is 9.87. The molecule has 1 unspecified atom stereocenters. The van der Waals surface area contributed by atoms with Gasteiger partial charge in [-0.25, -0.2) is 23.2 Å². The fraction of sp³-hybridized carbons (Fsp3) is 0.500. The smallest absolute Gasteiger partial charge is 0.434 e. The van der Waals surface area contributed by atoms with Crippen molar-refractivity contribution in [2.45, 2.75) is 63.6 Å². The number of aliphatic carboxylic acids is 1. The molecule has 2 amide bonds. The number of halogens is 3. The van der Waals surface area contributed by atoms with E-state index in [2.05, 4.69) is 20.6 Å². The molecule has 1 fully saturated rings. The molecule has 1 aromatic heterocycles. The number of benzene rings is 1. The van der Waals surface area contributed by atoms with Crippen molar-refractivity contribution in [2.24, 2.45) is 5.41 Å². The van der Waals surface area contributed by atoms with E-state index in [4.69, 9.17) is 0 Å². The van der Waals surface area contributed by atoms with Crippen molar-refractivity contribution < 1.29 is 41.1 Å². The summed E-state index contributed by atoms with van der Waals surface area (Å²) >= 11 is 0. The van der Waals surface area contributed by atoms with E-state index in [0.29, 0.717) is 44.0 Å². The van der Waals surface area contributed by atoms with Gasteiger partial charge in [-0.2, -0.15) is 13.2 Å². The van der Waals surface area contributed by atoms with Gasteiger partial charge in [0.05, 0.1) is 5.56 Å². The zero-order chi connectivity index (χ0) is 29.6. The van der Waals surface area contributed by atoms with Crippen LogP contribution in [0.2, 0.25) is 0 Å². The average molecular weight is 585 g/mol. The second-order valence-electron chi connectivity index (χ2n) is 10.1. The van der Waals surface area contributed by atoms with Crippen LogP contribution in [-0.4, -0.2) is 59.3 Å². The molecule has 0 aliphatic heterocycles. The number of rotatable bonds is 12. The third-order valence-electron chi connectivity index (χ3n) is 6.94. The third-order valence-corrected chi connectivity index (χ3v) is 7.97. The number of carbonyl (C=O) groups excluding carboxylic acids is 2. The number of carboxylic acids is 1. The topological polar surface area (TPSA) is 155 Å². The highest BCUT2D eigenvalue weighted by atomic mass is 32.2. The van der Waals surface area contributed by atoms with E-state index in [9.17, 15) is 41.1 Å². The number of carbonyl (C=O) groups is 3. The highest BCUT2D eigenvalue weighted by Crippen LogP contribution is 2.42. The van der Waals surface area contributed by atoms with Crippen LogP contribution in [0.3, 0.4) is 0 Å². The predicted molar refractivity (Wildman–Crippen MR) is 139 cm³/mol. The molecular formula is C26H31F3N4O6S. The molecule has 1 aliphatic carbocycles. The van der Waals surface area contributed by atoms with Gasteiger partial charge in [-0.1, -0.05) is 31.4 Å². The Hall–Kier alpha value is -3.55. The average Bonchev–Trinajstić information content (AvgIpc) is 3.36. The van der Waals surface area contributed by atoms with E-state index in [1.165, 1.54) is 24.3 Å². The van der Waals surface area contributed by atoms with Crippen molar-refractivity contribution in [3.8, 4) is 0 Å². The van der Waals surface area contributed by atoms with Crippen LogP contribution in [-0.2, 0) is 32.0 Å². The Morgan fingerprint density at radius 1 is 1.10 bits per heavy atom. The van der Waals surface area contributed by atoms with Crippen LogP contribution in [0.25, 0.3) is 0 Å². The number of nitrogens with zero attached hydrogens (tertiary/aromatic N) is 2. The fourth-order valence-electron chi connectivity index (χ4n) is 4.86. The maximum Gasteiger partial charge on any atom is 0.434 e. The van der Waals surface area contributed by atoms with E-state index in [0.717, 1.165) is 25.3 Å². The number of amides is 2. The number of hydrogen-bond donors (Lipinski definition) is 3. The van der Waals surface area contributed by atoms with Crippen molar-refractivity contribution in [1.29, 1.82) is 0 Å². The van der Waals surface area contributed by atoms with Crippen LogP contribution < -0.4 is 10.6 Å². The first-order valence-corrected chi connectivity index (χ1v) is 14.8. The van der Waals surface area contributed by atoms with Crippen molar-refractivity contribution in [2.75, 3.05) is 17.3 Å². The minimum Gasteiger partial charge on any atom is -0.480 e. The summed E-state index contributed by atoms with van der Waals surface area (Å²) in [6, 6.07) is 4.58. The number of aromatic nitrogens is 2. The third kappa shape index (κ3) is 8.47. The van der Waals surface area contributed by atoms with Crippen LogP contribution in [0.15, 0.2) is 36.8 Å². The molecule has 2 aromatic rings. The molecule has 0 saturated heterocycles. The molecule has 40 heavy (non-hydrogen) atoms. The molecule has 1 atom stereocenters. The summed E-state index contributed by atoms with van der Waals surface area (Å²) in [7, 11) is -3.11. The number of hydrogen-bond acceptors (Lipinski definition) is 7. The van der Waals surface area contributed by atoms with Crippen LogP contribution in [0.1, 0.15) is 66.6 Å². The molecule has 0 bridgehead atoms. The second kappa shape index (κ2) is 12.7. The summed E-state index contributed by atoms with van der Waals surface area (Å²) in [5, 5.41) is 14.7. The number of nitrogens with one attached hydrogen (secondary N) is 2. The van der Waals surface area contributed by atoms with Gasteiger partial charge in [0.1, 0.15) is 22.2 Å². The lowest BCUT2D eigenvalue weighted by Gasteiger charge is -2.29. The zero-order valence-corrected chi connectivity index (χ0v) is 22.6. The van der Waals surface area contributed by atoms with Crippen LogP contribution in [0.4, 0.5) is 18.9 Å². The van der Waals surface area contributed by atoms with Gasteiger partial charge in [0.2, 0.25) is 5.91 Å². The maximum atomic E-state index is 13.2. The zero-order valence-electron chi connectivity index (χ0n) is 21.8. The van der Waals surface area contributed by atoms with Gasteiger partial charge >= 0.3 is 12.1 Å². The molecule has 1 aliphatic rings. The van der Waals surface area contributed by atoms with Crippen molar-refractivity contribution in [3.05, 3.63) is 53.6 Å². The van der Waals surface area contributed by atoms with Gasteiger partial charge in [0, 0.05) is 35.7 Å². The Balaban J connectivity index is 1.64. The lowest BCUT2D eigenvalue weighted by Crippen LogP contribution is -2.48. The minimum absolute atomic E-state index is 0.0293. The van der Waals surface area contributed by atoms with Gasteiger partial charge in [-0.15, -0.1) is 0 Å². The Morgan fingerprint density at radius 2 is 1.75 bits per heavy atom. The summed E-state index contributed by atoms with van der Waals surface area (Å²) in [4.78, 5) is 44.3. The summed E-state index contributed by atoms with van der Waals surface area (Å²) < 4.78 is 62.3. The molecule has 0 spiro atoms. The van der Waals surface area contributed by atoms with E-state index in [1.807, 2.05) is 0 Å². The van der Waals surface area contributed by atoms with Crippen molar-refractivity contribution in [1.82, 2.24) is 15.3 Å². The molecule has 218 valence electrons. The van der Waals surface area contributed by atoms with Gasteiger partial charge in [-0.3, -0.25) is 9.59 Å². The van der Waals surface area contributed by atoms with Crippen molar-refractivity contribution >= 4 is 33.3 Å². The highest BCUT2D eigenvalue weighted by Gasteiger charge is 2.42. The SMILES string of the molecule is CS(=O)(=O)CCCCC1(C(=O)NC(Cc2ccc(NC(=O)c3cncnc3C(F)(F)F)cc2)C(=O)O)CCCC1. The van der Waals surface area contributed by atoms with E-state index in [1.54, 1.807) is 0 Å². The normalized spacial score (nSPS) is 15.8. The van der Waals surface area contributed by atoms with Gasteiger partial charge in [-0.05, 0) is 43.4 Å². The first-order valence-electron chi connectivity index (χ1n) is 12.7. The maximum absolute atomic E-state index is 13.2.